The molecule has 106 valence electrons. The van der Waals surface area contributed by atoms with Gasteiger partial charge in [-0.25, -0.2) is 9.59 Å². The predicted molar refractivity (Wildman–Crippen MR) is 54.8 cm³/mol. The summed E-state index contributed by atoms with van der Waals surface area (Å²) in [5, 5.41) is 22.7. The summed E-state index contributed by atoms with van der Waals surface area (Å²) in [6.45, 7) is 1.75. The van der Waals surface area contributed by atoms with E-state index in [1.807, 2.05) is 0 Å². The molecule has 0 bridgehead atoms. The number of carboxylic acids is 2. The van der Waals surface area contributed by atoms with E-state index in [0.29, 0.717) is 6.04 Å². The maximum absolute atomic E-state index is 10.6. The van der Waals surface area contributed by atoms with Gasteiger partial charge < -0.3 is 15.5 Å². The molecule has 19 heavy (non-hydrogen) atoms. The third-order valence-electron chi connectivity index (χ3n) is 2.20. The Morgan fingerprint density at radius 1 is 1.37 bits per heavy atom. The second-order valence-corrected chi connectivity index (χ2v) is 3.60. The molecule has 1 aromatic rings. The third-order valence-corrected chi connectivity index (χ3v) is 2.20. The first-order valence-electron chi connectivity index (χ1n) is 5.01. The molecule has 2 rings (SSSR count). The molecule has 0 spiro atoms. The van der Waals surface area contributed by atoms with Crippen molar-refractivity contribution in [3.8, 4) is 0 Å². The predicted octanol–water partition coefficient (Wildman–Crippen LogP) is 0.359. The number of aromatic carboxylic acids is 1. The van der Waals surface area contributed by atoms with Gasteiger partial charge in [-0.05, 0) is 6.07 Å². The lowest BCUT2D eigenvalue weighted by atomic mass is 10.2. The van der Waals surface area contributed by atoms with Crippen LogP contribution < -0.4 is 5.32 Å². The van der Waals surface area contributed by atoms with Crippen molar-refractivity contribution in [3.05, 3.63) is 18.0 Å². The van der Waals surface area contributed by atoms with Crippen LogP contribution in [-0.2, 0) is 4.79 Å². The summed E-state index contributed by atoms with van der Waals surface area (Å²) in [5.74, 6) is -3.73. The van der Waals surface area contributed by atoms with Crippen LogP contribution in [0.15, 0.2) is 12.3 Å². The van der Waals surface area contributed by atoms with Crippen molar-refractivity contribution in [1.82, 2.24) is 15.1 Å². The number of nitrogens with zero attached hydrogens (tertiary/aromatic N) is 2. The number of carboxylic acid groups (broad SMARTS) is 2. The summed E-state index contributed by atoms with van der Waals surface area (Å²) in [4.78, 5) is 19.3. The molecule has 0 radical (unpaired) electrons. The Bertz CT molecular complexity index is 468. The van der Waals surface area contributed by atoms with Crippen LogP contribution in [0.3, 0.4) is 0 Å². The molecule has 1 fully saturated rings. The Balaban J connectivity index is 0.000000224. The van der Waals surface area contributed by atoms with E-state index >= 15 is 0 Å². The van der Waals surface area contributed by atoms with Crippen molar-refractivity contribution in [1.29, 1.82) is 0 Å². The maximum atomic E-state index is 10.6. The van der Waals surface area contributed by atoms with Gasteiger partial charge in [-0.15, -0.1) is 0 Å². The average Bonchev–Trinajstić information content (AvgIpc) is 2.63. The summed E-state index contributed by atoms with van der Waals surface area (Å²) in [7, 11) is 0. The van der Waals surface area contributed by atoms with Crippen LogP contribution in [0.4, 0.5) is 13.2 Å². The summed E-state index contributed by atoms with van der Waals surface area (Å²) in [6, 6.07) is 1.85. The van der Waals surface area contributed by atoms with Crippen LogP contribution >= 0.6 is 0 Å². The minimum absolute atomic E-state index is 0.113. The zero-order valence-corrected chi connectivity index (χ0v) is 9.39. The lowest BCUT2D eigenvalue weighted by Gasteiger charge is -2.27. The molecule has 3 N–H and O–H groups in total. The molecular formula is C9H10F3N3O4. The molecule has 1 aliphatic heterocycles. The minimum atomic E-state index is -5.08. The van der Waals surface area contributed by atoms with Gasteiger partial charge >= 0.3 is 18.1 Å². The summed E-state index contributed by atoms with van der Waals surface area (Å²) < 4.78 is 33.4. The molecule has 0 aliphatic carbocycles. The maximum Gasteiger partial charge on any atom is 0.490 e. The number of carbonyl (C=O) groups is 2. The van der Waals surface area contributed by atoms with Crippen molar-refractivity contribution in [2.24, 2.45) is 0 Å². The smallest absolute Gasteiger partial charge is 0.476 e. The second kappa shape index (κ2) is 5.69. The highest BCUT2D eigenvalue weighted by Crippen LogP contribution is 2.13. The SMILES string of the molecule is O=C(O)C(F)(F)F.O=C(O)c1ccn(C2CNC2)n1. The number of aliphatic carboxylic acids is 1. The molecule has 0 saturated carbocycles. The lowest BCUT2D eigenvalue weighted by molar-refractivity contribution is -0.192. The van der Waals surface area contributed by atoms with E-state index < -0.39 is 18.1 Å². The summed E-state index contributed by atoms with van der Waals surface area (Å²) in [5.41, 5.74) is 0.113. The Morgan fingerprint density at radius 3 is 2.16 bits per heavy atom. The molecule has 7 nitrogen and oxygen atoms in total. The van der Waals surface area contributed by atoms with Gasteiger partial charge in [0.05, 0.1) is 6.04 Å². The molecule has 0 atom stereocenters. The number of aromatic nitrogens is 2. The molecule has 2 heterocycles. The lowest BCUT2D eigenvalue weighted by Crippen LogP contribution is -2.43. The molecule has 0 aromatic carbocycles. The Hall–Kier alpha value is -2.10. The van der Waals surface area contributed by atoms with Crippen LogP contribution in [-0.4, -0.2) is 51.2 Å². The molecule has 1 saturated heterocycles. The number of alkyl halides is 3. The standard InChI is InChI=1S/C7H9N3O2.C2HF3O2/c11-7(12)6-1-2-10(9-6)5-3-8-4-5;3-2(4,5)1(6)7/h1-2,5,8H,3-4H2,(H,11,12);(H,6,7). The summed E-state index contributed by atoms with van der Waals surface area (Å²) in [6.07, 6.45) is -3.38. The van der Waals surface area contributed by atoms with Gasteiger partial charge in [0.1, 0.15) is 0 Å². The van der Waals surface area contributed by atoms with E-state index in [4.69, 9.17) is 15.0 Å². The number of hydrogen-bond acceptors (Lipinski definition) is 4. The first-order valence-corrected chi connectivity index (χ1v) is 5.01. The largest absolute Gasteiger partial charge is 0.490 e. The third kappa shape index (κ3) is 4.25. The minimum Gasteiger partial charge on any atom is -0.476 e. The van der Waals surface area contributed by atoms with Crippen molar-refractivity contribution in [3.63, 3.8) is 0 Å². The van der Waals surface area contributed by atoms with Crippen LogP contribution in [0, 0.1) is 0 Å². The second-order valence-electron chi connectivity index (χ2n) is 3.60. The van der Waals surface area contributed by atoms with Crippen LogP contribution in [0.1, 0.15) is 16.5 Å². The van der Waals surface area contributed by atoms with Gasteiger partial charge in [0.2, 0.25) is 0 Å². The number of halogens is 3. The van der Waals surface area contributed by atoms with Gasteiger partial charge in [0.25, 0.3) is 0 Å². The number of rotatable bonds is 2. The van der Waals surface area contributed by atoms with Gasteiger partial charge in [0, 0.05) is 19.3 Å². The Morgan fingerprint density at radius 2 is 1.89 bits per heavy atom. The van der Waals surface area contributed by atoms with Gasteiger partial charge in [-0.1, -0.05) is 0 Å². The van der Waals surface area contributed by atoms with Gasteiger partial charge in [-0.3, -0.25) is 4.68 Å². The van der Waals surface area contributed by atoms with Gasteiger partial charge in [0.15, 0.2) is 5.69 Å². The van der Waals surface area contributed by atoms with E-state index in [2.05, 4.69) is 10.4 Å². The average molecular weight is 281 g/mol. The Kier molecular flexibility index (Phi) is 4.48. The number of nitrogens with one attached hydrogen (secondary N) is 1. The first-order chi connectivity index (χ1) is 8.71. The summed E-state index contributed by atoms with van der Waals surface area (Å²) >= 11 is 0. The van der Waals surface area contributed by atoms with E-state index in [-0.39, 0.29) is 5.69 Å². The molecule has 0 amide bonds. The Labute approximate surface area is 104 Å². The first kappa shape index (κ1) is 15.0. The van der Waals surface area contributed by atoms with E-state index in [1.54, 1.807) is 10.9 Å². The monoisotopic (exact) mass is 281 g/mol. The fraction of sp³-hybridized carbons (Fsp3) is 0.444. The molecule has 0 unspecified atom stereocenters. The fourth-order valence-electron chi connectivity index (χ4n) is 1.12. The van der Waals surface area contributed by atoms with E-state index in [0.717, 1.165) is 13.1 Å². The van der Waals surface area contributed by atoms with Crippen molar-refractivity contribution >= 4 is 11.9 Å². The van der Waals surface area contributed by atoms with Crippen molar-refractivity contribution < 1.29 is 33.0 Å². The zero-order chi connectivity index (χ0) is 14.6. The number of hydrogen-bond donors (Lipinski definition) is 3. The molecule has 10 heteroatoms. The van der Waals surface area contributed by atoms with Crippen molar-refractivity contribution in [2.45, 2.75) is 12.2 Å². The normalized spacial score (nSPS) is 15.1. The van der Waals surface area contributed by atoms with Crippen LogP contribution in [0.2, 0.25) is 0 Å². The molecular weight excluding hydrogens is 271 g/mol. The van der Waals surface area contributed by atoms with Crippen LogP contribution in [0.25, 0.3) is 0 Å². The van der Waals surface area contributed by atoms with E-state index in [1.165, 1.54) is 6.07 Å². The molecule has 1 aromatic heterocycles. The molecule has 1 aliphatic rings. The van der Waals surface area contributed by atoms with Crippen molar-refractivity contribution in [2.75, 3.05) is 13.1 Å². The van der Waals surface area contributed by atoms with E-state index in [9.17, 15) is 18.0 Å². The quantitative estimate of drug-likeness (QED) is 0.723. The highest BCUT2D eigenvalue weighted by atomic mass is 19.4. The topological polar surface area (TPSA) is 104 Å². The highest BCUT2D eigenvalue weighted by Gasteiger charge is 2.38. The van der Waals surface area contributed by atoms with Gasteiger partial charge in [-0.2, -0.15) is 18.3 Å². The fourth-order valence-corrected chi connectivity index (χ4v) is 1.12. The zero-order valence-electron chi connectivity index (χ0n) is 9.39. The van der Waals surface area contributed by atoms with Crippen LogP contribution in [0.5, 0.6) is 0 Å². The highest BCUT2D eigenvalue weighted by molar-refractivity contribution is 5.85.